The smallest absolute Gasteiger partial charge is 0.315 e. The summed E-state index contributed by atoms with van der Waals surface area (Å²) >= 11 is 0. The second-order valence-corrected chi connectivity index (χ2v) is 3.48. The molecule has 1 aliphatic rings. The summed E-state index contributed by atoms with van der Waals surface area (Å²) in [5.41, 5.74) is 4.90. The summed E-state index contributed by atoms with van der Waals surface area (Å²) in [6, 6.07) is 0. The average molecular weight is 192 g/mol. The van der Waals surface area contributed by atoms with E-state index in [0.717, 1.165) is 12.8 Å². The number of carbonyl (C=O) groups is 1. The van der Waals surface area contributed by atoms with E-state index in [0.29, 0.717) is 12.8 Å². The number of halogens is 2. The van der Waals surface area contributed by atoms with Crippen LogP contribution in [0, 0.1) is 0 Å². The molecule has 76 valence electrons. The van der Waals surface area contributed by atoms with Crippen LogP contribution in [0.2, 0.25) is 0 Å². The van der Waals surface area contributed by atoms with Crippen molar-refractivity contribution in [1.29, 1.82) is 0 Å². The van der Waals surface area contributed by atoms with E-state index in [4.69, 9.17) is 5.73 Å². The Hall–Kier alpha value is -0.710. The molecule has 13 heavy (non-hydrogen) atoms. The van der Waals surface area contributed by atoms with Crippen molar-refractivity contribution in [2.24, 2.45) is 5.73 Å². The normalized spacial score (nSPS) is 20.6. The van der Waals surface area contributed by atoms with Gasteiger partial charge in [-0.3, -0.25) is 4.79 Å². The summed E-state index contributed by atoms with van der Waals surface area (Å²) in [5.74, 6) is -1.20. The van der Waals surface area contributed by atoms with Gasteiger partial charge in [-0.05, 0) is 12.8 Å². The second kappa shape index (κ2) is 4.00. The molecule has 0 aromatic rings. The van der Waals surface area contributed by atoms with Gasteiger partial charge in [0.25, 0.3) is 5.91 Å². The number of carbonyl (C=O) groups excluding carboxylic acids is 1. The van der Waals surface area contributed by atoms with Gasteiger partial charge in [0, 0.05) is 6.54 Å². The van der Waals surface area contributed by atoms with Crippen molar-refractivity contribution in [3.8, 4) is 0 Å². The third-order valence-electron chi connectivity index (χ3n) is 2.54. The lowest BCUT2D eigenvalue weighted by Crippen LogP contribution is -2.53. The Morgan fingerprint density at radius 1 is 1.46 bits per heavy atom. The van der Waals surface area contributed by atoms with Gasteiger partial charge in [-0.25, -0.2) is 0 Å². The minimum atomic E-state index is -2.94. The van der Waals surface area contributed by atoms with Gasteiger partial charge in [-0.2, -0.15) is 8.78 Å². The Morgan fingerprint density at radius 3 is 2.38 bits per heavy atom. The highest BCUT2D eigenvalue weighted by atomic mass is 19.3. The summed E-state index contributed by atoms with van der Waals surface area (Å²) in [6.07, 6.45) is 0.370. The van der Waals surface area contributed by atoms with Crippen LogP contribution in [0.5, 0.6) is 0 Å². The molecule has 0 atom stereocenters. The Kier molecular flexibility index (Phi) is 3.19. The van der Waals surface area contributed by atoms with Crippen molar-refractivity contribution in [1.82, 2.24) is 5.32 Å². The molecule has 1 saturated carbocycles. The lowest BCUT2D eigenvalue weighted by molar-refractivity contribution is -0.133. The first-order valence-electron chi connectivity index (χ1n) is 4.40. The SMILES string of the molecule is NCC1(NC(=O)C(F)F)CCCC1. The van der Waals surface area contributed by atoms with Crippen molar-refractivity contribution in [2.45, 2.75) is 37.6 Å². The number of nitrogens with one attached hydrogen (secondary N) is 1. The van der Waals surface area contributed by atoms with Crippen molar-refractivity contribution >= 4 is 5.91 Å². The summed E-state index contributed by atoms with van der Waals surface area (Å²) in [4.78, 5) is 10.7. The molecular weight excluding hydrogens is 178 g/mol. The van der Waals surface area contributed by atoms with E-state index in [1.54, 1.807) is 0 Å². The molecule has 0 aromatic carbocycles. The number of hydrogen-bond acceptors (Lipinski definition) is 2. The van der Waals surface area contributed by atoms with Crippen LogP contribution in [0.25, 0.3) is 0 Å². The standard InChI is InChI=1S/C8H14F2N2O/c9-6(10)7(13)12-8(5-11)3-1-2-4-8/h6H,1-5,11H2,(H,12,13). The molecule has 5 heteroatoms. The Labute approximate surface area is 75.7 Å². The lowest BCUT2D eigenvalue weighted by atomic mass is 9.98. The Bertz CT molecular complexity index is 191. The fourth-order valence-corrected chi connectivity index (χ4v) is 1.75. The molecule has 1 aliphatic carbocycles. The maximum absolute atomic E-state index is 11.9. The highest BCUT2D eigenvalue weighted by molar-refractivity contribution is 5.80. The molecule has 0 heterocycles. The third kappa shape index (κ3) is 2.37. The van der Waals surface area contributed by atoms with Crippen LogP contribution < -0.4 is 11.1 Å². The molecule has 0 bridgehead atoms. The van der Waals surface area contributed by atoms with Crippen LogP contribution in [0.15, 0.2) is 0 Å². The van der Waals surface area contributed by atoms with Gasteiger partial charge in [-0.15, -0.1) is 0 Å². The summed E-state index contributed by atoms with van der Waals surface area (Å²) < 4.78 is 23.9. The second-order valence-electron chi connectivity index (χ2n) is 3.48. The zero-order valence-corrected chi connectivity index (χ0v) is 7.35. The van der Waals surface area contributed by atoms with Crippen LogP contribution in [-0.4, -0.2) is 24.4 Å². The Morgan fingerprint density at radius 2 is 2.00 bits per heavy atom. The number of alkyl halides is 2. The molecule has 0 spiro atoms. The number of amides is 1. The van der Waals surface area contributed by atoms with Crippen LogP contribution in [0.1, 0.15) is 25.7 Å². The van der Waals surface area contributed by atoms with Gasteiger partial charge >= 0.3 is 6.43 Å². The van der Waals surface area contributed by atoms with Gasteiger partial charge in [0.05, 0.1) is 5.54 Å². The van der Waals surface area contributed by atoms with E-state index in [2.05, 4.69) is 5.32 Å². The molecule has 1 fully saturated rings. The predicted octanol–water partition coefficient (Wildman–Crippen LogP) is 0.639. The fourth-order valence-electron chi connectivity index (χ4n) is 1.75. The maximum atomic E-state index is 11.9. The first kappa shape index (κ1) is 10.4. The molecule has 0 aromatic heterocycles. The van der Waals surface area contributed by atoms with E-state index in [1.807, 2.05) is 0 Å². The first-order valence-corrected chi connectivity index (χ1v) is 4.40. The van der Waals surface area contributed by atoms with E-state index in [9.17, 15) is 13.6 Å². The minimum absolute atomic E-state index is 0.242. The number of hydrogen-bond donors (Lipinski definition) is 2. The van der Waals surface area contributed by atoms with Crippen molar-refractivity contribution in [3.05, 3.63) is 0 Å². The molecular formula is C8H14F2N2O. The monoisotopic (exact) mass is 192 g/mol. The van der Waals surface area contributed by atoms with Gasteiger partial charge in [0.2, 0.25) is 0 Å². The van der Waals surface area contributed by atoms with Gasteiger partial charge in [0.1, 0.15) is 0 Å². The molecule has 0 aliphatic heterocycles. The van der Waals surface area contributed by atoms with E-state index < -0.39 is 17.9 Å². The summed E-state index contributed by atoms with van der Waals surface area (Å²) in [7, 11) is 0. The van der Waals surface area contributed by atoms with Crippen LogP contribution in [0.4, 0.5) is 8.78 Å². The predicted molar refractivity (Wildman–Crippen MR) is 44.4 cm³/mol. The van der Waals surface area contributed by atoms with Crippen molar-refractivity contribution in [3.63, 3.8) is 0 Å². The van der Waals surface area contributed by atoms with E-state index in [-0.39, 0.29) is 6.54 Å². The van der Waals surface area contributed by atoms with E-state index >= 15 is 0 Å². The number of nitrogens with two attached hydrogens (primary N) is 1. The first-order chi connectivity index (χ1) is 6.09. The summed E-state index contributed by atoms with van der Waals surface area (Å²) in [5, 5.41) is 2.33. The molecule has 3 nitrogen and oxygen atoms in total. The molecule has 1 rings (SSSR count). The minimum Gasteiger partial charge on any atom is -0.344 e. The van der Waals surface area contributed by atoms with E-state index in [1.165, 1.54) is 0 Å². The van der Waals surface area contributed by atoms with Gasteiger partial charge in [0.15, 0.2) is 0 Å². The van der Waals surface area contributed by atoms with Crippen LogP contribution in [0.3, 0.4) is 0 Å². The van der Waals surface area contributed by atoms with Crippen LogP contribution >= 0.6 is 0 Å². The fraction of sp³-hybridized carbons (Fsp3) is 0.875. The maximum Gasteiger partial charge on any atom is 0.315 e. The number of rotatable bonds is 3. The third-order valence-corrected chi connectivity index (χ3v) is 2.54. The topological polar surface area (TPSA) is 55.1 Å². The molecule has 1 amide bonds. The quantitative estimate of drug-likeness (QED) is 0.689. The molecule has 0 saturated heterocycles. The van der Waals surface area contributed by atoms with Gasteiger partial charge < -0.3 is 11.1 Å². The van der Waals surface area contributed by atoms with Crippen LogP contribution in [-0.2, 0) is 4.79 Å². The van der Waals surface area contributed by atoms with Gasteiger partial charge in [-0.1, -0.05) is 12.8 Å². The average Bonchev–Trinajstić information content (AvgIpc) is 2.54. The largest absolute Gasteiger partial charge is 0.344 e. The molecule has 0 unspecified atom stereocenters. The van der Waals surface area contributed by atoms with Crippen molar-refractivity contribution < 1.29 is 13.6 Å². The molecule has 0 radical (unpaired) electrons. The molecule has 3 N–H and O–H groups in total. The lowest BCUT2D eigenvalue weighted by Gasteiger charge is -2.28. The highest BCUT2D eigenvalue weighted by Gasteiger charge is 2.35. The summed E-state index contributed by atoms with van der Waals surface area (Å²) in [6.45, 7) is 0.242. The van der Waals surface area contributed by atoms with Crippen molar-refractivity contribution in [2.75, 3.05) is 6.54 Å². The zero-order chi connectivity index (χ0) is 9.90. The highest BCUT2D eigenvalue weighted by Crippen LogP contribution is 2.28. The zero-order valence-electron chi connectivity index (χ0n) is 7.35. The Balaban J connectivity index is 2.53.